The number of hydrogen-bond donors (Lipinski definition) is 2. The smallest absolute Gasteiger partial charge is 0.287 e. The maximum absolute atomic E-state index is 13.2. The fraction of sp³-hybridized carbons (Fsp3) is 0.233. The van der Waals surface area contributed by atoms with E-state index >= 15 is 0 Å². The Morgan fingerprint density at radius 3 is 2.30 bits per heavy atom. The molecule has 1 aliphatic carbocycles. The third kappa shape index (κ3) is 6.44. The molecule has 0 aromatic heterocycles. The van der Waals surface area contributed by atoms with Crippen LogP contribution in [0.25, 0.3) is 6.08 Å². The normalized spacial score (nSPS) is 13.4. The molecule has 0 saturated heterocycles. The van der Waals surface area contributed by atoms with E-state index in [-0.39, 0.29) is 5.70 Å². The molecule has 0 aliphatic heterocycles. The molecule has 0 spiro atoms. The fourth-order valence-electron chi connectivity index (χ4n) is 4.27. The molecule has 1 aliphatic rings. The Kier molecular flexibility index (Phi) is 8.36. The van der Waals surface area contributed by atoms with Gasteiger partial charge in [-0.3, -0.25) is 9.59 Å². The molecule has 0 fully saturated rings. The lowest BCUT2D eigenvalue weighted by Gasteiger charge is -2.16. The molecular formula is C30H31N3O4. The number of ether oxygens (including phenoxy) is 2. The first kappa shape index (κ1) is 25.7. The van der Waals surface area contributed by atoms with Crippen molar-refractivity contribution in [3.63, 3.8) is 0 Å². The second-order valence-electron chi connectivity index (χ2n) is 8.82. The summed E-state index contributed by atoms with van der Waals surface area (Å²) in [7, 11) is 3.09. The minimum absolute atomic E-state index is 0.0445. The summed E-state index contributed by atoms with van der Waals surface area (Å²) in [6.07, 6.45) is 6.15. The van der Waals surface area contributed by atoms with E-state index in [0.717, 1.165) is 18.4 Å². The summed E-state index contributed by atoms with van der Waals surface area (Å²) in [4.78, 5) is 26.1. The molecule has 2 amide bonds. The summed E-state index contributed by atoms with van der Waals surface area (Å²) in [5.74, 6) is 0.116. The van der Waals surface area contributed by atoms with Crippen molar-refractivity contribution >= 4 is 23.6 Å². The zero-order valence-corrected chi connectivity index (χ0v) is 21.3. The standard InChI is InChI=1S/C30H31N3O4/c1-20(24-15-14-22-9-7-8-12-25(22)19-24)32-33-30(35)26(31-29(34)23-10-5-4-6-11-23)17-21-13-16-27(36-2)28(18-21)37-3/h4-6,10-11,13-19H,7-9,12H2,1-3H3,(H,31,34)(H,33,35). The van der Waals surface area contributed by atoms with Gasteiger partial charge in [-0.05, 0) is 91.3 Å². The van der Waals surface area contributed by atoms with Gasteiger partial charge in [-0.2, -0.15) is 5.10 Å². The summed E-state index contributed by atoms with van der Waals surface area (Å²) in [5.41, 5.74) is 8.09. The lowest BCUT2D eigenvalue weighted by atomic mass is 9.90. The largest absolute Gasteiger partial charge is 0.493 e. The molecule has 3 aromatic carbocycles. The molecule has 3 aromatic rings. The first-order chi connectivity index (χ1) is 18.0. The number of carbonyl (C=O) groups is 2. The lowest BCUT2D eigenvalue weighted by molar-refractivity contribution is -0.117. The van der Waals surface area contributed by atoms with Gasteiger partial charge in [-0.15, -0.1) is 0 Å². The summed E-state index contributed by atoms with van der Waals surface area (Å²) >= 11 is 0. The summed E-state index contributed by atoms with van der Waals surface area (Å²) in [6, 6.07) is 20.3. The number of hydrogen-bond acceptors (Lipinski definition) is 5. The van der Waals surface area contributed by atoms with Crippen molar-refractivity contribution in [2.24, 2.45) is 5.10 Å². The van der Waals surface area contributed by atoms with E-state index in [1.165, 1.54) is 31.1 Å². The first-order valence-electron chi connectivity index (χ1n) is 12.3. The summed E-state index contributed by atoms with van der Waals surface area (Å²) < 4.78 is 10.7. The summed E-state index contributed by atoms with van der Waals surface area (Å²) in [6.45, 7) is 1.85. The highest BCUT2D eigenvalue weighted by molar-refractivity contribution is 6.06. The molecule has 0 bridgehead atoms. The van der Waals surface area contributed by atoms with Crippen LogP contribution in [0.5, 0.6) is 11.5 Å². The number of fused-ring (bicyclic) bond motifs is 1. The van der Waals surface area contributed by atoms with Crippen LogP contribution < -0.4 is 20.2 Å². The predicted molar refractivity (Wildman–Crippen MR) is 145 cm³/mol. The minimum Gasteiger partial charge on any atom is -0.493 e. The van der Waals surface area contributed by atoms with Crippen LogP contribution in [0.3, 0.4) is 0 Å². The van der Waals surface area contributed by atoms with Gasteiger partial charge in [0.2, 0.25) is 0 Å². The molecule has 7 nitrogen and oxygen atoms in total. The highest BCUT2D eigenvalue weighted by Gasteiger charge is 2.16. The Hall–Kier alpha value is -4.39. The third-order valence-corrected chi connectivity index (χ3v) is 6.34. The fourth-order valence-corrected chi connectivity index (χ4v) is 4.27. The topological polar surface area (TPSA) is 89.0 Å². The Balaban J connectivity index is 1.59. The molecule has 7 heteroatoms. The molecule has 0 unspecified atom stereocenters. The van der Waals surface area contributed by atoms with E-state index in [1.807, 2.05) is 19.1 Å². The number of amides is 2. The Morgan fingerprint density at radius 2 is 1.57 bits per heavy atom. The van der Waals surface area contributed by atoms with Crippen molar-refractivity contribution in [2.75, 3.05) is 14.2 Å². The van der Waals surface area contributed by atoms with Crippen molar-refractivity contribution in [3.8, 4) is 11.5 Å². The average molecular weight is 498 g/mol. The van der Waals surface area contributed by atoms with Crippen LogP contribution in [0.1, 0.15) is 52.4 Å². The molecule has 0 saturated carbocycles. The Morgan fingerprint density at radius 1 is 0.838 bits per heavy atom. The van der Waals surface area contributed by atoms with E-state index < -0.39 is 11.8 Å². The van der Waals surface area contributed by atoms with Gasteiger partial charge in [0.25, 0.3) is 11.8 Å². The number of benzene rings is 3. The molecule has 2 N–H and O–H groups in total. The van der Waals surface area contributed by atoms with Gasteiger partial charge >= 0.3 is 0 Å². The van der Waals surface area contributed by atoms with Gasteiger partial charge in [0.1, 0.15) is 5.70 Å². The van der Waals surface area contributed by atoms with Gasteiger partial charge in [0.15, 0.2) is 11.5 Å². The first-order valence-corrected chi connectivity index (χ1v) is 12.3. The van der Waals surface area contributed by atoms with Crippen molar-refractivity contribution in [2.45, 2.75) is 32.6 Å². The molecule has 37 heavy (non-hydrogen) atoms. The van der Waals surface area contributed by atoms with Crippen LogP contribution in [0.2, 0.25) is 0 Å². The monoisotopic (exact) mass is 497 g/mol. The quantitative estimate of drug-likeness (QED) is 0.263. The number of rotatable bonds is 8. The number of hydrazone groups is 1. The van der Waals surface area contributed by atoms with Crippen molar-refractivity contribution in [1.82, 2.24) is 10.7 Å². The molecule has 0 heterocycles. The number of aryl methyl sites for hydroxylation is 2. The molecule has 4 rings (SSSR count). The van der Waals surface area contributed by atoms with Crippen LogP contribution in [0.4, 0.5) is 0 Å². The SMILES string of the molecule is COc1ccc(C=C(NC(=O)c2ccccc2)C(=O)NN=C(C)c2ccc3c(c2)CCCC3)cc1OC. The van der Waals surface area contributed by atoms with E-state index in [1.54, 1.807) is 55.7 Å². The Bertz CT molecular complexity index is 1350. The van der Waals surface area contributed by atoms with Crippen molar-refractivity contribution < 1.29 is 19.1 Å². The average Bonchev–Trinajstić information content (AvgIpc) is 2.95. The van der Waals surface area contributed by atoms with Gasteiger partial charge in [0.05, 0.1) is 19.9 Å². The highest BCUT2D eigenvalue weighted by atomic mass is 16.5. The lowest BCUT2D eigenvalue weighted by Crippen LogP contribution is -2.33. The van der Waals surface area contributed by atoms with Crippen LogP contribution in [0, 0.1) is 0 Å². The van der Waals surface area contributed by atoms with Gasteiger partial charge in [0, 0.05) is 5.56 Å². The van der Waals surface area contributed by atoms with Crippen LogP contribution in [-0.2, 0) is 17.6 Å². The van der Waals surface area contributed by atoms with Crippen molar-refractivity contribution in [3.05, 3.63) is 100 Å². The maximum Gasteiger partial charge on any atom is 0.287 e. The zero-order valence-electron chi connectivity index (χ0n) is 21.3. The second-order valence-corrected chi connectivity index (χ2v) is 8.82. The number of nitrogens with zero attached hydrogens (tertiary/aromatic N) is 1. The molecule has 190 valence electrons. The van der Waals surface area contributed by atoms with Gasteiger partial charge < -0.3 is 14.8 Å². The van der Waals surface area contributed by atoms with Gasteiger partial charge in [-0.25, -0.2) is 5.43 Å². The van der Waals surface area contributed by atoms with E-state index in [2.05, 4.69) is 28.0 Å². The molecular weight excluding hydrogens is 466 g/mol. The second kappa shape index (κ2) is 12.0. The zero-order chi connectivity index (χ0) is 26.2. The Labute approximate surface area is 217 Å². The third-order valence-electron chi connectivity index (χ3n) is 6.34. The van der Waals surface area contributed by atoms with E-state index in [4.69, 9.17) is 9.47 Å². The highest BCUT2D eigenvalue weighted by Crippen LogP contribution is 2.28. The number of carbonyl (C=O) groups excluding carboxylic acids is 2. The van der Waals surface area contributed by atoms with E-state index in [9.17, 15) is 9.59 Å². The predicted octanol–water partition coefficient (Wildman–Crippen LogP) is 4.89. The summed E-state index contributed by atoms with van der Waals surface area (Å²) in [5, 5.41) is 7.05. The van der Waals surface area contributed by atoms with Crippen LogP contribution in [0.15, 0.2) is 77.5 Å². The van der Waals surface area contributed by atoms with Crippen LogP contribution in [-0.4, -0.2) is 31.7 Å². The van der Waals surface area contributed by atoms with E-state index in [0.29, 0.717) is 28.3 Å². The number of nitrogens with one attached hydrogen (secondary N) is 2. The molecule has 0 radical (unpaired) electrons. The van der Waals surface area contributed by atoms with Crippen LogP contribution >= 0.6 is 0 Å². The minimum atomic E-state index is -0.545. The van der Waals surface area contributed by atoms with Gasteiger partial charge in [-0.1, -0.05) is 36.4 Å². The van der Waals surface area contributed by atoms with Crippen molar-refractivity contribution in [1.29, 1.82) is 0 Å². The maximum atomic E-state index is 13.2. The molecule has 0 atom stereocenters. The number of methoxy groups -OCH3 is 2.